The van der Waals surface area contributed by atoms with Crippen molar-refractivity contribution in [3.8, 4) is 0 Å². The Morgan fingerprint density at radius 1 is 1.88 bits per heavy atom. The third kappa shape index (κ3) is 3.08. The molecular weight excluding hydrogens is 106 g/mol. The van der Waals surface area contributed by atoms with Crippen LogP contribution in [0.3, 0.4) is 0 Å². The van der Waals surface area contributed by atoms with Gasteiger partial charge >= 0.3 is 6.41 Å². The summed E-state index contributed by atoms with van der Waals surface area (Å²) in [5.41, 5.74) is 0. The average Bonchev–Trinajstić information content (AvgIpc) is 1.68. The molecule has 2 amide bonds. The number of rotatable bonds is 3. The van der Waals surface area contributed by atoms with E-state index in [1.165, 1.54) is 12.5 Å². The standard InChI is InChI=1S/C5H6NO2/c1-2-3-5(8)6-4-7/h2H,1,3H2,(H,6,7,8). The molecule has 0 spiro atoms. The van der Waals surface area contributed by atoms with Gasteiger partial charge < -0.3 is 0 Å². The minimum Gasteiger partial charge on any atom is -0.288 e. The fraction of sp³-hybridized carbons (Fsp3) is 0.200. The van der Waals surface area contributed by atoms with Crippen LogP contribution < -0.4 is 5.32 Å². The van der Waals surface area contributed by atoms with Crippen LogP contribution in [0.25, 0.3) is 0 Å². The van der Waals surface area contributed by atoms with Crippen LogP contribution in [0, 0.1) is 0 Å². The van der Waals surface area contributed by atoms with E-state index in [1.807, 2.05) is 5.32 Å². The molecule has 0 atom stereocenters. The zero-order chi connectivity index (χ0) is 6.41. The van der Waals surface area contributed by atoms with Gasteiger partial charge in [0, 0.05) is 6.42 Å². The zero-order valence-corrected chi connectivity index (χ0v) is 4.31. The normalized spacial score (nSPS) is 7.50. The molecular formula is C5H6NO2. The summed E-state index contributed by atoms with van der Waals surface area (Å²) in [6.07, 6.45) is 2.83. The number of hydrogen-bond acceptors (Lipinski definition) is 2. The van der Waals surface area contributed by atoms with E-state index in [1.54, 1.807) is 0 Å². The molecule has 0 saturated heterocycles. The molecule has 0 rings (SSSR count). The van der Waals surface area contributed by atoms with Gasteiger partial charge in [-0.25, -0.2) is 0 Å². The highest BCUT2D eigenvalue weighted by Crippen LogP contribution is 1.75. The monoisotopic (exact) mass is 112 g/mol. The summed E-state index contributed by atoms with van der Waals surface area (Å²) in [6.45, 7) is 3.29. The predicted octanol–water partition coefficient (Wildman–Crippen LogP) is -0.254. The molecule has 3 heteroatoms. The number of nitrogens with one attached hydrogen (secondary N) is 1. The lowest BCUT2D eigenvalue weighted by Crippen LogP contribution is -2.19. The van der Waals surface area contributed by atoms with Crippen molar-refractivity contribution in [2.45, 2.75) is 6.42 Å². The van der Waals surface area contributed by atoms with E-state index >= 15 is 0 Å². The Kier molecular flexibility index (Phi) is 3.48. The Morgan fingerprint density at radius 2 is 2.50 bits per heavy atom. The van der Waals surface area contributed by atoms with Gasteiger partial charge in [-0.1, -0.05) is 6.08 Å². The second-order valence-electron chi connectivity index (χ2n) is 1.14. The van der Waals surface area contributed by atoms with Crippen LogP contribution in [0.1, 0.15) is 6.42 Å². The van der Waals surface area contributed by atoms with Crippen LogP contribution in [-0.4, -0.2) is 12.3 Å². The third-order valence-electron chi connectivity index (χ3n) is 0.520. The third-order valence-corrected chi connectivity index (χ3v) is 0.520. The average molecular weight is 112 g/mol. The van der Waals surface area contributed by atoms with Crippen LogP contribution >= 0.6 is 0 Å². The molecule has 8 heavy (non-hydrogen) atoms. The number of carbonyl (C=O) groups excluding carboxylic acids is 2. The van der Waals surface area contributed by atoms with E-state index in [0.717, 1.165) is 0 Å². The first-order chi connectivity index (χ1) is 3.81. The lowest BCUT2D eigenvalue weighted by molar-refractivity contribution is -0.118. The highest BCUT2D eigenvalue weighted by molar-refractivity contribution is 5.86. The van der Waals surface area contributed by atoms with Crippen LogP contribution in [-0.2, 0) is 9.59 Å². The van der Waals surface area contributed by atoms with E-state index in [4.69, 9.17) is 0 Å². The van der Waals surface area contributed by atoms with Gasteiger partial charge in [0.25, 0.3) is 0 Å². The Bertz CT molecular complexity index is 97.0. The molecule has 0 aromatic carbocycles. The summed E-state index contributed by atoms with van der Waals surface area (Å²) >= 11 is 0. The summed E-state index contributed by atoms with van der Waals surface area (Å²) in [5, 5.41) is 1.83. The van der Waals surface area contributed by atoms with Crippen LogP contribution in [0.2, 0.25) is 0 Å². The second-order valence-corrected chi connectivity index (χ2v) is 1.14. The molecule has 0 aliphatic carbocycles. The van der Waals surface area contributed by atoms with E-state index in [0.29, 0.717) is 0 Å². The Labute approximate surface area is 47.4 Å². The Balaban J connectivity index is 3.32. The first-order valence-corrected chi connectivity index (χ1v) is 2.08. The van der Waals surface area contributed by atoms with Gasteiger partial charge in [0.2, 0.25) is 5.91 Å². The van der Waals surface area contributed by atoms with Crippen LogP contribution in [0.4, 0.5) is 0 Å². The molecule has 0 unspecified atom stereocenters. The van der Waals surface area contributed by atoms with Gasteiger partial charge in [-0.15, -0.1) is 6.58 Å². The predicted molar refractivity (Wildman–Crippen MR) is 28.7 cm³/mol. The van der Waals surface area contributed by atoms with E-state index in [-0.39, 0.29) is 12.3 Å². The SMILES string of the molecule is C=CCC(=O)N[C]=O. The summed E-state index contributed by atoms with van der Waals surface area (Å²) in [7, 11) is 0. The lowest BCUT2D eigenvalue weighted by Gasteiger charge is -1.86. The van der Waals surface area contributed by atoms with Gasteiger partial charge in [-0.05, 0) is 0 Å². The molecule has 0 aliphatic rings. The fourth-order valence-corrected chi connectivity index (χ4v) is 0.239. The van der Waals surface area contributed by atoms with Gasteiger partial charge in [0.1, 0.15) is 0 Å². The molecule has 0 aliphatic heterocycles. The van der Waals surface area contributed by atoms with Crippen molar-refractivity contribution in [1.82, 2.24) is 5.32 Å². The summed E-state index contributed by atoms with van der Waals surface area (Å²) < 4.78 is 0. The Morgan fingerprint density at radius 3 is 2.88 bits per heavy atom. The topological polar surface area (TPSA) is 46.2 Å². The van der Waals surface area contributed by atoms with Gasteiger partial charge in [0.05, 0.1) is 0 Å². The molecule has 43 valence electrons. The molecule has 0 bridgehead atoms. The Hall–Kier alpha value is -1.12. The quantitative estimate of drug-likeness (QED) is 0.404. The molecule has 0 saturated carbocycles. The number of carbonyl (C=O) groups is 1. The van der Waals surface area contributed by atoms with Gasteiger partial charge in [-0.2, -0.15) is 0 Å². The van der Waals surface area contributed by atoms with Crippen LogP contribution in [0.15, 0.2) is 12.7 Å². The highest BCUT2D eigenvalue weighted by Gasteiger charge is 1.92. The summed E-state index contributed by atoms with van der Waals surface area (Å²) in [5.74, 6) is -0.380. The summed E-state index contributed by atoms with van der Waals surface area (Å²) in [4.78, 5) is 19.6. The van der Waals surface area contributed by atoms with Crippen molar-refractivity contribution >= 4 is 12.3 Å². The number of hydrogen-bond donors (Lipinski definition) is 1. The van der Waals surface area contributed by atoms with Gasteiger partial charge in [0.15, 0.2) is 0 Å². The molecule has 1 radical (unpaired) electrons. The molecule has 0 fully saturated rings. The van der Waals surface area contributed by atoms with Crippen LogP contribution in [0.5, 0.6) is 0 Å². The highest BCUT2D eigenvalue weighted by atomic mass is 16.2. The summed E-state index contributed by atoms with van der Waals surface area (Å²) in [6, 6.07) is 0. The fourth-order valence-electron chi connectivity index (χ4n) is 0.239. The lowest BCUT2D eigenvalue weighted by atomic mass is 10.4. The number of amides is 2. The van der Waals surface area contributed by atoms with E-state index < -0.39 is 0 Å². The van der Waals surface area contributed by atoms with E-state index in [9.17, 15) is 9.59 Å². The first kappa shape index (κ1) is 6.88. The zero-order valence-electron chi connectivity index (χ0n) is 4.31. The van der Waals surface area contributed by atoms with Gasteiger partial charge in [-0.3, -0.25) is 14.9 Å². The molecule has 0 aromatic heterocycles. The molecule has 0 heterocycles. The van der Waals surface area contributed by atoms with Crippen molar-refractivity contribution in [3.05, 3.63) is 12.7 Å². The number of imide groups is 1. The van der Waals surface area contributed by atoms with Crippen molar-refractivity contribution in [3.63, 3.8) is 0 Å². The first-order valence-electron chi connectivity index (χ1n) is 2.08. The molecule has 0 aromatic rings. The van der Waals surface area contributed by atoms with Crippen molar-refractivity contribution in [2.75, 3.05) is 0 Å². The smallest absolute Gasteiger partial charge is 0.288 e. The van der Waals surface area contributed by atoms with Crippen molar-refractivity contribution in [2.24, 2.45) is 0 Å². The van der Waals surface area contributed by atoms with E-state index in [2.05, 4.69) is 6.58 Å². The second kappa shape index (κ2) is 4.05. The van der Waals surface area contributed by atoms with Crippen molar-refractivity contribution < 1.29 is 9.59 Å². The minimum atomic E-state index is -0.380. The largest absolute Gasteiger partial charge is 0.316 e. The maximum Gasteiger partial charge on any atom is 0.316 e. The maximum absolute atomic E-state index is 10.2. The maximum atomic E-state index is 10.2. The molecule has 1 N–H and O–H groups in total. The van der Waals surface area contributed by atoms with Crippen molar-refractivity contribution in [1.29, 1.82) is 0 Å². The molecule has 3 nitrogen and oxygen atoms in total. The minimum absolute atomic E-state index is 0.162.